The number of nitrogen functional groups attached to an aromatic ring is 1. The molecule has 1 aromatic carbocycles. The number of hydrogen-bond acceptors (Lipinski definition) is 3. The molecule has 94 valence electrons. The SMILES string of the molecule is Cc1ccc(C2Cn3nc(N)nc3CC2C)cc1. The average molecular weight is 242 g/mol. The molecule has 18 heavy (non-hydrogen) atoms. The molecule has 0 saturated heterocycles. The van der Waals surface area contributed by atoms with Crippen LogP contribution in [0.1, 0.15) is 29.8 Å². The second-order valence-electron chi connectivity index (χ2n) is 5.27. The van der Waals surface area contributed by atoms with E-state index < -0.39 is 0 Å². The Labute approximate surface area is 107 Å². The molecule has 2 atom stereocenters. The summed E-state index contributed by atoms with van der Waals surface area (Å²) in [6.45, 7) is 5.27. The van der Waals surface area contributed by atoms with Crippen molar-refractivity contribution in [2.45, 2.75) is 32.7 Å². The molecule has 2 heterocycles. The van der Waals surface area contributed by atoms with Gasteiger partial charge in [-0.25, -0.2) is 4.68 Å². The summed E-state index contributed by atoms with van der Waals surface area (Å²) in [4.78, 5) is 4.27. The largest absolute Gasteiger partial charge is 0.366 e. The van der Waals surface area contributed by atoms with Gasteiger partial charge in [-0.2, -0.15) is 4.98 Å². The molecule has 0 radical (unpaired) electrons. The highest BCUT2D eigenvalue weighted by Crippen LogP contribution is 2.33. The zero-order chi connectivity index (χ0) is 12.7. The molecule has 0 saturated carbocycles. The minimum atomic E-state index is 0.391. The number of nitrogens with zero attached hydrogens (tertiary/aromatic N) is 3. The number of fused-ring (bicyclic) bond motifs is 1. The number of benzene rings is 1. The van der Waals surface area contributed by atoms with Crippen molar-refractivity contribution < 1.29 is 0 Å². The number of nitrogens with two attached hydrogens (primary N) is 1. The van der Waals surface area contributed by atoms with Gasteiger partial charge in [0.25, 0.3) is 0 Å². The molecule has 1 aliphatic rings. The summed E-state index contributed by atoms with van der Waals surface area (Å²) >= 11 is 0. The summed E-state index contributed by atoms with van der Waals surface area (Å²) in [6.07, 6.45) is 0.947. The van der Waals surface area contributed by atoms with Crippen LogP contribution in [0.4, 0.5) is 5.95 Å². The van der Waals surface area contributed by atoms with E-state index >= 15 is 0 Å². The molecule has 4 nitrogen and oxygen atoms in total. The van der Waals surface area contributed by atoms with Gasteiger partial charge in [-0.05, 0) is 18.4 Å². The van der Waals surface area contributed by atoms with Gasteiger partial charge in [-0.1, -0.05) is 36.8 Å². The van der Waals surface area contributed by atoms with E-state index in [0.29, 0.717) is 17.8 Å². The van der Waals surface area contributed by atoms with Crippen molar-refractivity contribution in [3.8, 4) is 0 Å². The Hall–Kier alpha value is -1.84. The first-order valence-electron chi connectivity index (χ1n) is 6.39. The molecule has 0 spiro atoms. The summed E-state index contributed by atoms with van der Waals surface area (Å²) in [7, 11) is 0. The van der Waals surface area contributed by atoms with Gasteiger partial charge in [0.2, 0.25) is 5.95 Å². The van der Waals surface area contributed by atoms with Crippen LogP contribution >= 0.6 is 0 Å². The van der Waals surface area contributed by atoms with E-state index in [1.54, 1.807) is 0 Å². The number of anilines is 1. The number of hydrogen-bond donors (Lipinski definition) is 1. The van der Waals surface area contributed by atoms with E-state index in [0.717, 1.165) is 18.8 Å². The Kier molecular flexibility index (Phi) is 2.58. The number of aryl methyl sites for hydroxylation is 1. The molecule has 1 aliphatic heterocycles. The second-order valence-corrected chi connectivity index (χ2v) is 5.27. The zero-order valence-corrected chi connectivity index (χ0v) is 10.8. The van der Waals surface area contributed by atoms with Gasteiger partial charge >= 0.3 is 0 Å². The van der Waals surface area contributed by atoms with Gasteiger partial charge in [-0.15, -0.1) is 5.10 Å². The van der Waals surface area contributed by atoms with E-state index in [1.807, 2.05) is 4.68 Å². The van der Waals surface area contributed by atoms with E-state index in [2.05, 4.69) is 48.2 Å². The highest BCUT2D eigenvalue weighted by Gasteiger charge is 2.28. The van der Waals surface area contributed by atoms with Crippen molar-refractivity contribution in [3.63, 3.8) is 0 Å². The average Bonchev–Trinajstić information content (AvgIpc) is 2.68. The topological polar surface area (TPSA) is 56.7 Å². The lowest BCUT2D eigenvalue weighted by molar-refractivity contribution is 0.330. The van der Waals surface area contributed by atoms with Gasteiger partial charge < -0.3 is 5.73 Å². The zero-order valence-electron chi connectivity index (χ0n) is 10.8. The summed E-state index contributed by atoms with van der Waals surface area (Å²) in [5.74, 6) is 2.48. The van der Waals surface area contributed by atoms with E-state index in [-0.39, 0.29) is 0 Å². The Morgan fingerprint density at radius 2 is 2.00 bits per heavy atom. The summed E-state index contributed by atoms with van der Waals surface area (Å²) in [5, 5.41) is 4.26. The lowest BCUT2D eigenvalue weighted by Gasteiger charge is -2.29. The van der Waals surface area contributed by atoms with Crippen LogP contribution in [-0.4, -0.2) is 14.8 Å². The van der Waals surface area contributed by atoms with Crippen LogP contribution in [-0.2, 0) is 13.0 Å². The smallest absolute Gasteiger partial charge is 0.239 e. The standard InChI is InChI=1S/C14H18N4/c1-9-3-5-11(6-4-9)12-8-18-13(7-10(12)2)16-14(15)17-18/h3-6,10,12H,7-8H2,1-2H3,(H2,15,17). The molecule has 2 aromatic rings. The number of rotatable bonds is 1. The van der Waals surface area contributed by atoms with Gasteiger partial charge in [-0.3, -0.25) is 0 Å². The summed E-state index contributed by atoms with van der Waals surface area (Å²) < 4.78 is 1.96. The van der Waals surface area contributed by atoms with E-state index in [9.17, 15) is 0 Å². The maximum Gasteiger partial charge on any atom is 0.239 e. The molecule has 4 heteroatoms. The van der Waals surface area contributed by atoms with Crippen molar-refractivity contribution in [3.05, 3.63) is 41.2 Å². The number of aromatic nitrogens is 3. The third-order valence-corrected chi connectivity index (χ3v) is 3.83. The minimum absolute atomic E-state index is 0.391. The Morgan fingerprint density at radius 1 is 1.28 bits per heavy atom. The summed E-state index contributed by atoms with van der Waals surface area (Å²) in [6, 6.07) is 8.80. The van der Waals surface area contributed by atoms with E-state index in [1.165, 1.54) is 11.1 Å². The predicted octanol–water partition coefficient (Wildman–Crippen LogP) is 2.14. The lowest BCUT2D eigenvalue weighted by Crippen LogP contribution is -2.27. The first-order chi connectivity index (χ1) is 8.63. The maximum absolute atomic E-state index is 5.66. The fourth-order valence-corrected chi connectivity index (χ4v) is 2.74. The molecule has 0 fully saturated rings. The van der Waals surface area contributed by atoms with Crippen LogP contribution in [0.25, 0.3) is 0 Å². The monoisotopic (exact) mass is 242 g/mol. The first-order valence-corrected chi connectivity index (χ1v) is 6.39. The van der Waals surface area contributed by atoms with Crippen LogP contribution in [0, 0.1) is 12.8 Å². The quantitative estimate of drug-likeness (QED) is 0.833. The molecule has 3 rings (SSSR count). The fraction of sp³-hybridized carbons (Fsp3) is 0.429. The molecule has 0 bridgehead atoms. The van der Waals surface area contributed by atoms with Crippen LogP contribution in [0.3, 0.4) is 0 Å². The van der Waals surface area contributed by atoms with Crippen LogP contribution in [0.5, 0.6) is 0 Å². The van der Waals surface area contributed by atoms with Crippen LogP contribution in [0.2, 0.25) is 0 Å². The fourth-order valence-electron chi connectivity index (χ4n) is 2.74. The van der Waals surface area contributed by atoms with E-state index in [4.69, 9.17) is 5.73 Å². The van der Waals surface area contributed by atoms with Gasteiger partial charge in [0.1, 0.15) is 5.82 Å². The Bertz CT molecular complexity index is 556. The molecule has 0 aliphatic carbocycles. The minimum Gasteiger partial charge on any atom is -0.366 e. The maximum atomic E-state index is 5.66. The molecule has 1 aromatic heterocycles. The molecule has 2 unspecified atom stereocenters. The van der Waals surface area contributed by atoms with Crippen molar-refractivity contribution in [2.24, 2.45) is 5.92 Å². The third-order valence-electron chi connectivity index (χ3n) is 3.83. The Balaban J connectivity index is 1.92. The highest BCUT2D eigenvalue weighted by atomic mass is 15.4. The normalized spacial score (nSPS) is 22.8. The van der Waals surface area contributed by atoms with Gasteiger partial charge in [0, 0.05) is 12.3 Å². The van der Waals surface area contributed by atoms with Crippen LogP contribution in [0.15, 0.2) is 24.3 Å². The molecule has 0 amide bonds. The third kappa shape index (κ3) is 1.88. The van der Waals surface area contributed by atoms with Crippen LogP contribution < -0.4 is 5.73 Å². The second kappa shape index (κ2) is 4.12. The van der Waals surface area contributed by atoms with Crippen molar-refractivity contribution in [1.29, 1.82) is 0 Å². The Morgan fingerprint density at radius 3 is 2.72 bits per heavy atom. The lowest BCUT2D eigenvalue weighted by atomic mass is 9.83. The predicted molar refractivity (Wildman–Crippen MR) is 71.2 cm³/mol. The van der Waals surface area contributed by atoms with Gasteiger partial charge in [0.05, 0.1) is 6.54 Å². The van der Waals surface area contributed by atoms with Crippen molar-refractivity contribution in [2.75, 3.05) is 5.73 Å². The molecular weight excluding hydrogens is 224 g/mol. The van der Waals surface area contributed by atoms with Crippen molar-refractivity contribution >= 4 is 5.95 Å². The molecule has 2 N–H and O–H groups in total. The molecular formula is C14H18N4. The summed E-state index contributed by atoms with van der Waals surface area (Å²) in [5.41, 5.74) is 8.35. The van der Waals surface area contributed by atoms with Crippen molar-refractivity contribution in [1.82, 2.24) is 14.8 Å². The highest BCUT2D eigenvalue weighted by molar-refractivity contribution is 5.26. The first kappa shape index (κ1) is 11.3. The van der Waals surface area contributed by atoms with Gasteiger partial charge in [0.15, 0.2) is 0 Å².